The second kappa shape index (κ2) is 8.68. The first kappa shape index (κ1) is 22.5. The summed E-state index contributed by atoms with van der Waals surface area (Å²) in [5, 5.41) is 17.1. The Kier molecular flexibility index (Phi) is 6.50. The third-order valence-corrected chi connectivity index (χ3v) is 4.89. The number of aryl methyl sites for hydroxylation is 2. The van der Waals surface area contributed by atoms with Gasteiger partial charge in [-0.3, -0.25) is 10.00 Å². The number of methoxy groups -OCH3 is 2. The molecule has 0 saturated heterocycles. The SMILES string of the molecule is C.COc1cc(OC)nc(NC(=O)NS(=O)(=O)c2c(-c3nnn(C)n3)cnn2C)n1. The van der Waals surface area contributed by atoms with Gasteiger partial charge in [0.05, 0.1) is 39.1 Å². The first-order chi connectivity index (χ1) is 13.7. The zero-order valence-corrected chi connectivity index (χ0v) is 16.5. The van der Waals surface area contributed by atoms with Crippen LogP contribution in [0.4, 0.5) is 10.7 Å². The van der Waals surface area contributed by atoms with Crippen LogP contribution in [0.15, 0.2) is 17.3 Å². The lowest BCUT2D eigenvalue weighted by molar-refractivity contribution is 0.256. The second-order valence-corrected chi connectivity index (χ2v) is 7.02. The topological polar surface area (TPSA) is 181 Å². The van der Waals surface area contributed by atoms with E-state index in [0.717, 1.165) is 9.48 Å². The lowest BCUT2D eigenvalue weighted by Gasteiger charge is -2.10. The van der Waals surface area contributed by atoms with E-state index in [2.05, 4.69) is 35.8 Å². The number of rotatable bonds is 6. The largest absolute Gasteiger partial charge is 0.481 e. The van der Waals surface area contributed by atoms with Crippen molar-refractivity contribution in [1.29, 1.82) is 0 Å². The van der Waals surface area contributed by atoms with E-state index in [1.54, 1.807) is 0 Å². The molecule has 16 heteroatoms. The van der Waals surface area contributed by atoms with Gasteiger partial charge in [-0.2, -0.15) is 28.3 Å². The molecule has 0 aliphatic rings. The Morgan fingerprint density at radius 2 is 1.77 bits per heavy atom. The van der Waals surface area contributed by atoms with Crippen molar-refractivity contribution < 1.29 is 22.7 Å². The zero-order chi connectivity index (χ0) is 21.2. The number of amides is 2. The van der Waals surface area contributed by atoms with Crippen LogP contribution in [0, 0.1) is 0 Å². The minimum atomic E-state index is -4.36. The van der Waals surface area contributed by atoms with Crippen LogP contribution in [-0.4, -0.2) is 68.6 Å². The molecule has 2 amide bonds. The fourth-order valence-corrected chi connectivity index (χ4v) is 3.48. The average molecular weight is 440 g/mol. The molecule has 0 aromatic carbocycles. The van der Waals surface area contributed by atoms with E-state index in [9.17, 15) is 13.2 Å². The summed E-state index contributed by atoms with van der Waals surface area (Å²) in [5.74, 6) is 0.0206. The maximum absolute atomic E-state index is 12.8. The fraction of sp³-hybridized carbons (Fsp3) is 0.357. The van der Waals surface area contributed by atoms with Crippen LogP contribution in [-0.2, 0) is 24.1 Å². The minimum absolute atomic E-state index is 0. The number of anilines is 1. The standard InChI is InChI=1S/C13H16N10O5S.CH4/c1-22-11(7(6-14-22)10-18-21-23(2)19-10)29(25,26)20-13(24)17-12-15-8(27-3)5-9(16-12)28-4;/h5-6H,1-4H3,(H2,15,16,17,20,24);1H4. The maximum Gasteiger partial charge on any atom is 0.335 e. The molecule has 162 valence electrons. The molecule has 3 aromatic rings. The Hall–Kier alpha value is -3.82. The first-order valence-corrected chi connectivity index (χ1v) is 9.29. The normalized spacial score (nSPS) is 10.8. The smallest absolute Gasteiger partial charge is 0.335 e. The van der Waals surface area contributed by atoms with Crippen LogP contribution in [0.1, 0.15) is 7.43 Å². The van der Waals surface area contributed by atoms with Crippen molar-refractivity contribution in [3.8, 4) is 23.1 Å². The van der Waals surface area contributed by atoms with Crippen LogP contribution >= 0.6 is 0 Å². The van der Waals surface area contributed by atoms with Crippen molar-refractivity contribution >= 4 is 22.0 Å². The molecule has 0 spiro atoms. The van der Waals surface area contributed by atoms with Crippen molar-refractivity contribution in [2.75, 3.05) is 19.5 Å². The molecule has 0 fully saturated rings. The molecular formula is C14H20N10O5S. The van der Waals surface area contributed by atoms with Crippen molar-refractivity contribution in [2.24, 2.45) is 14.1 Å². The molecule has 0 aliphatic heterocycles. The predicted molar refractivity (Wildman–Crippen MR) is 102 cm³/mol. The zero-order valence-electron chi connectivity index (χ0n) is 15.7. The molecule has 0 unspecified atom stereocenters. The van der Waals surface area contributed by atoms with E-state index in [1.807, 2.05) is 4.72 Å². The summed E-state index contributed by atoms with van der Waals surface area (Å²) in [6.07, 6.45) is 1.25. The number of hydrogen-bond acceptors (Lipinski definition) is 11. The number of nitrogens with zero attached hydrogens (tertiary/aromatic N) is 8. The fourth-order valence-electron chi connectivity index (χ4n) is 2.26. The number of sulfonamides is 1. The number of carbonyl (C=O) groups is 1. The summed E-state index contributed by atoms with van der Waals surface area (Å²) in [6.45, 7) is 0. The summed E-state index contributed by atoms with van der Waals surface area (Å²) in [6, 6.07) is 0.273. The molecule has 3 heterocycles. The van der Waals surface area contributed by atoms with E-state index in [4.69, 9.17) is 9.47 Å². The van der Waals surface area contributed by atoms with Gasteiger partial charge in [0, 0.05) is 7.05 Å². The summed E-state index contributed by atoms with van der Waals surface area (Å²) in [4.78, 5) is 21.2. The van der Waals surface area contributed by atoms with E-state index in [-0.39, 0.29) is 41.5 Å². The predicted octanol–water partition coefficient (Wildman–Crippen LogP) is -0.436. The van der Waals surface area contributed by atoms with Gasteiger partial charge in [-0.15, -0.1) is 10.2 Å². The van der Waals surface area contributed by atoms with Crippen molar-refractivity contribution in [3.63, 3.8) is 0 Å². The lowest BCUT2D eigenvalue weighted by Crippen LogP contribution is -2.36. The van der Waals surface area contributed by atoms with E-state index >= 15 is 0 Å². The number of nitrogens with one attached hydrogen (secondary N) is 2. The van der Waals surface area contributed by atoms with Gasteiger partial charge < -0.3 is 9.47 Å². The van der Waals surface area contributed by atoms with Crippen LogP contribution in [0.5, 0.6) is 11.8 Å². The molecule has 3 aromatic heterocycles. The van der Waals surface area contributed by atoms with Crippen LogP contribution in [0.25, 0.3) is 11.4 Å². The molecular weight excluding hydrogens is 420 g/mol. The second-order valence-electron chi connectivity index (χ2n) is 5.43. The van der Waals surface area contributed by atoms with E-state index in [1.165, 1.54) is 40.6 Å². The molecule has 2 N–H and O–H groups in total. The van der Waals surface area contributed by atoms with Gasteiger partial charge in [0.1, 0.15) is 0 Å². The Bertz CT molecular complexity index is 1130. The van der Waals surface area contributed by atoms with Gasteiger partial charge in [-0.25, -0.2) is 9.52 Å². The molecule has 15 nitrogen and oxygen atoms in total. The van der Waals surface area contributed by atoms with Gasteiger partial charge in [0.2, 0.25) is 23.5 Å². The number of carbonyl (C=O) groups excluding carboxylic acids is 1. The molecule has 30 heavy (non-hydrogen) atoms. The monoisotopic (exact) mass is 440 g/mol. The van der Waals surface area contributed by atoms with Crippen molar-refractivity contribution in [3.05, 3.63) is 12.3 Å². The number of urea groups is 1. The van der Waals surface area contributed by atoms with Crippen molar-refractivity contribution in [1.82, 2.24) is 44.7 Å². The highest BCUT2D eigenvalue weighted by atomic mass is 32.2. The molecule has 0 aliphatic carbocycles. The molecule has 0 saturated carbocycles. The Labute approximate surface area is 171 Å². The third kappa shape index (κ3) is 4.59. The summed E-state index contributed by atoms with van der Waals surface area (Å²) in [5.41, 5.74) is 0.0696. The van der Waals surface area contributed by atoms with Gasteiger partial charge in [0.15, 0.2) is 5.03 Å². The van der Waals surface area contributed by atoms with E-state index in [0.29, 0.717) is 0 Å². The van der Waals surface area contributed by atoms with Crippen molar-refractivity contribution in [2.45, 2.75) is 12.5 Å². The van der Waals surface area contributed by atoms with Gasteiger partial charge in [-0.05, 0) is 5.21 Å². The summed E-state index contributed by atoms with van der Waals surface area (Å²) >= 11 is 0. The average Bonchev–Trinajstić information content (AvgIpc) is 3.26. The quantitative estimate of drug-likeness (QED) is 0.507. The highest BCUT2D eigenvalue weighted by Gasteiger charge is 2.28. The molecule has 3 rings (SSSR count). The third-order valence-electron chi connectivity index (χ3n) is 3.44. The van der Waals surface area contributed by atoms with Crippen LogP contribution < -0.4 is 19.5 Å². The minimum Gasteiger partial charge on any atom is -0.481 e. The van der Waals surface area contributed by atoms with E-state index < -0.39 is 16.1 Å². The molecule has 0 bridgehead atoms. The highest BCUT2D eigenvalue weighted by Crippen LogP contribution is 2.23. The Morgan fingerprint density at radius 1 is 1.13 bits per heavy atom. The highest BCUT2D eigenvalue weighted by molar-refractivity contribution is 7.90. The van der Waals surface area contributed by atoms with Gasteiger partial charge in [-0.1, -0.05) is 7.43 Å². The maximum atomic E-state index is 12.8. The van der Waals surface area contributed by atoms with Crippen LogP contribution in [0.2, 0.25) is 0 Å². The number of ether oxygens (including phenoxy) is 2. The van der Waals surface area contributed by atoms with Gasteiger partial charge in [0.25, 0.3) is 10.0 Å². The summed E-state index contributed by atoms with van der Waals surface area (Å²) in [7, 11) is 1.27. The Balaban J connectivity index is 0.00000320. The summed E-state index contributed by atoms with van der Waals surface area (Å²) < 4.78 is 38.4. The molecule has 0 radical (unpaired) electrons. The van der Waals surface area contributed by atoms with Crippen LogP contribution in [0.3, 0.4) is 0 Å². The number of hydrogen-bond donors (Lipinski definition) is 2. The number of tetrazole rings is 1. The van der Waals surface area contributed by atoms with Gasteiger partial charge >= 0.3 is 6.03 Å². The molecule has 0 atom stereocenters. The number of aromatic nitrogens is 8. The Morgan fingerprint density at radius 3 is 2.30 bits per heavy atom. The first-order valence-electron chi connectivity index (χ1n) is 7.80. The lowest BCUT2D eigenvalue weighted by atomic mass is 10.3.